The van der Waals surface area contributed by atoms with Crippen LogP contribution in [0.4, 0.5) is 0 Å². The number of rotatable bonds is 2. The minimum atomic E-state index is -0.228. The van der Waals surface area contributed by atoms with Gasteiger partial charge >= 0.3 is 0 Å². The lowest BCUT2D eigenvalue weighted by molar-refractivity contribution is 0.153. The summed E-state index contributed by atoms with van der Waals surface area (Å²) < 4.78 is 0. The van der Waals surface area contributed by atoms with Crippen molar-refractivity contribution in [2.45, 2.75) is 39.7 Å². The molecule has 0 aliphatic heterocycles. The lowest BCUT2D eigenvalue weighted by Gasteiger charge is -2.15. The van der Waals surface area contributed by atoms with Crippen molar-refractivity contribution in [1.82, 2.24) is 0 Å². The van der Waals surface area contributed by atoms with Gasteiger partial charge in [-0.05, 0) is 61.8 Å². The fourth-order valence-electron chi connectivity index (χ4n) is 1.97. The zero-order valence-corrected chi connectivity index (χ0v) is 9.17. The highest BCUT2D eigenvalue weighted by Crippen LogP contribution is 2.42. The van der Waals surface area contributed by atoms with Crippen molar-refractivity contribution in [3.05, 3.63) is 34.4 Å². The lowest BCUT2D eigenvalue weighted by atomic mass is 9.95. The molecule has 14 heavy (non-hydrogen) atoms. The Morgan fingerprint density at radius 1 is 1.07 bits per heavy atom. The smallest absolute Gasteiger partial charge is 0.0820 e. The van der Waals surface area contributed by atoms with Gasteiger partial charge in [0.15, 0.2) is 0 Å². The summed E-state index contributed by atoms with van der Waals surface area (Å²) in [7, 11) is 0. The van der Waals surface area contributed by atoms with Crippen LogP contribution in [-0.4, -0.2) is 5.11 Å². The van der Waals surface area contributed by atoms with Gasteiger partial charge in [-0.15, -0.1) is 0 Å². The molecular formula is C13H18O. The third-order valence-corrected chi connectivity index (χ3v) is 3.27. The summed E-state index contributed by atoms with van der Waals surface area (Å²) >= 11 is 0. The minimum Gasteiger partial charge on any atom is -0.388 e. The van der Waals surface area contributed by atoms with Gasteiger partial charge in [0.25, 0.3) is 0 Å². The fourth-order valence-corrected chi connectivity index (χ4v) is 1.97. The summed E-state index contributed by atoms with van der Waals surface area (Å²) in [5.74, 6) is 0.524. The molecule has 0 aromatic heterocycles. The van der Waals surface area contributed by atoms with Gasteiger partial charge in [0.05, 0.1) is 6.10 Å². The van der Waals surface area contributed by atoms with E-state index < -0.39 is 0 Å². The molecule has 1 unspecified atom stereocenters. The standard InChI is InChI=1S/C13H18O/c1-8-6-10(3)12(7-9(8)2)13(14)11-4-5-11/h6-7,11,13-14H,4-5H2,1-3H3. The first-order chi connectivity index (χ1) is 6.59. The summed E-state index contributed by atoms with van der Waals surface area (Å²) in [6, 6.07) is 4.32. The van der Waals surface area contributed by atoms with Crippen LogP contribution in [0.25, 0.3) is 0 Å². The Bertz CT molecular complexity index is 350. The van der Waals surface area contributed by atoms with Crippen LogP contribution in [-0.2, 0) is 0 Å². The number of aryl methyl sites for hydroxylation is 3. The predicted octanol–water partition coefficient (Wildman–Crippen LogP) is 3.06. The van der Waals surface area contributed by atoms with Crippen LogP contribution in [0, 0.1) is 26.7 Å². The largest absolute Gasteiger partial charge is 0.388 e. The molecule has 0 spiro atoms. The summed E-state index contributed by atoms with van der Waals surface area (Å²) in [6.45, 7) is 6.32. The predicted molar refractivity (Wildman–Crippen MR) is 58.3 cm³/mol. The van der Waals surface area contributed by atoms with E-state index in [4.69, 9.17) is 0 Å². The number of hydrogen-bond acceptors (Lipinski definition) is 1. The van der Waals surface area contributed by atoms with Crippen LogP contribution in [0.3, 0.4) is 0 Å². The summed E-state index contributed by atoms with van der Waals surface area (Å²) in [4.78, 5) is 0. The van der Waals surface area contributed by atoms with Crippen molar-refractivity contribution in [1.29, 1.82) is 0 Å². The quantitative estimate of drug-likeness (QED) is 0.760. The molecule has 0 saturated heterocycles. The van der Waals surface area contributed by atoms with Gasteiger partial charge in [-0.3, -0.25) is 0 Å². The minimum absolute atomic E-state index is 0.228. The van der Waals surface area contributed by atoms with Crippen LogP contribution in [0.2, 0.25) is 0 Å². The highest BCUT2D eigenvalue weighted by molar-refractivity contribution is 5.38. The molecule has 0 amide bonds. The topological polar surface area (TPSA) is 20.2 Å². The second kappa shape index (κ2) is 3.39. The first-order valence-electron chi connectivity index (χ1n) is 5.35. The number of hydrogen-bond donors (Lipinski definition) is 1. The van der Waals surface area contributed by atoms with Crippen molar-refractivity contribution in [3.8, 4) is 0 Å². The van der Waals surface area contributed by atoms with Crippen LogP contribution < -0.4 is 0 Å². The third-order valence-electron chi connectivity index (χ3n) is 3.27. The average molecular weight is 190 g/mol. The van der Waals surface area contributed by atoms with Crippen molar-refractivity contribution in [2.75, 3.05) is 0 Å². The first kappa shape index (κ1) is 9.72. The molecule has 0 bridgehead atoms. The van der Waals surface area contributed by atoms with Gasteiger partial charge in [-0.1, -0.05) is 12.1 Å². The van der Waals surface area contributed by atoms with E-state index in [1.807, 2.05) is 0 Å². The molecule has 1 saturated carbocycles. The molecule has 76 valence electrons. The van der Waals surface area contributed by atoms with Crippen LogP contribution in [0.5, 0.6) is 0 Å². The summed E-state index contributed by atoms with van der Waals surface area (Å²) in [6.07, 6.45) is 2.15. The van der Waals surface area contributed by atoms with E-state index in [-0.39, 0.29) is 6.10 Å². The Labute approximate surface area is 85.8 Å². The molecule has 1 aliphatic carbocycles. The highest BCUT2D eigenvalue weighted by Gasteiger charge is 2.31. The van der Waals surface area contributed by atoms with Gasteiger partial charge < -0.3 is 5.11 Å². The van der Waals surface area contributed by atoms with Crippen LogP contribution in [0.15, 0.2) is 12.1 Å². The van der Waals surface area contributed by atoms with E-state index in [1.54, 1.807) is 0 Å². The van der Waals surface area contributed by atoms with Gasteiger partial charge in [-0.2, -0.15) is 0 Å². The summed E-state index contributed by atoms with van der Waals surface area (Å²) in [5.41, 5.74) is 4.96. The normalized spacial score (nSPS) is 18.3. The van der Waals surface area contributed by atoms with Crippen molar-refractivity contribution >= 4 is 0 Å². The van der Waals surface area contributed by atoms with E-state index >= 15 is 0 Å². The SMILES string of the molecule is Cc1cc(C)c(C(O)C2CC2)cc1C. The zero-order chi connectivity index (χ0) is 10.3. The van der Waals surface area contributed by atoms with Crippen LogP contribution in [0.1, 0.15) is 41.2 Å². The number of aliphatic hydroxyl groups is 1. The molecule has 0 heterocycles. The van der Waals surface area contributed by atoms with Gasteiger partial charge in [-0.25, -0.2) is 0 Å². The van der Waals surface area contributed by atoms with E-state index in [0.717, 1.165) is 5.56 Å². The van der Waals surface area contributed by atoms with Crippen molar-refractivity contribution in [2.24, 2.45) is 5.92 Å². The van der Waals surface area contributed by atoms with Gasteiger partial charge in [0.2, 0.25) is 0 Å². The van der Waals surface area contributed by atoms with E-state index in [2.05, 4.69) is 32.9 Å². The molecule has 1 atom stereocenters. The fraction of sp³-hybridized carbons (Fsp3) is 0.538. The van der Waals surface area contributed by atoms with Gasteiger partial charge in [0.1, 0.15) is 0 Å². The maximum absolute atomic E-state index is 10.1. The Kier molecular flexibility index (Phi) is 2.36. The molecule has 1 aromatic carbocycles. The van der Waals surface area contributed by atoms with Crippen LogP contribution >= 0.6 is 0 Å². The Balaban J connectivity index is 2.36. The third kappa shape index (κ3) is 1.69. The highest BCUT2D eigenvalue weighted by atomic mass is 16.3. The monoisotopic (exact) mass is 190 g/mol. The number of aliphatic hydroxyl groups excluding tert-OH is 1. The Hall–Kier alpha value is -0.820. The zero-order valence-electron chi connectivity index (χ0n) is 9.17. The maximum Gasteiger partial charge on any atom is 0.0820 e. The van der Waals surface area contributed by atoms with Crippen molar-refractivity contribution < 1.29 is 5.11 Å². The maximum atomic E-state index is 10.1. The molecule has 1 N–H and O–H groups in total. The molecule has 2 rings (SSSR count). The molecule has 1 aromatic rings. The second-order valence-corrected chi connectivity index (χ2v) is 4.58. The Morgan fingerprint density at radius 3 is 2.21 bits per heavy atom. The second-order valence-electron chi connectivity index (χ2n) is 4.58. The summed E-state index contributed by atoms with van der Waals surface area (Å²) in [5, 5.41) is 10.1. The van der Waals surface area contributed by atoms with Crippen molar-refractivity contribution in [3.63, 3.8) is 0 Å². The lowest BCUT2D eigenvalue weighted by Crippen LogP contribution is -2.03. The van der Waals surface area contributed by atoms with E-state index in [1.165, 1.54) is 29.5 Å². The molecular weight excluding hydrogens is 172 g/mol. The average Bonchev–Trinajstić information content (AvgIpc) is 2.93. The molecule has 1 heteroatoms. The van der Waals surface area contributed by atoms with Gasteiger partial charge in [0, 0.05) is 0 Å². The molecule has 1 nitrogen and oxygen atoms in total. The molecule has 0 radical (unpaired) electrons. The molecule has 1 fully saturated rings. The molecule has 1 aliphatic rings. The van der Waals surface area contributed by atoms with E-state index in [0.29, 0.717) is 5.92 Å². The Morgan fingerprint density at radius 2 is 1.64 bits per heavy atom. The first-order valence-corrected chi connectivity index (χ1v) is 5.35. The number of benzene rings is 1. The van der Waals surface area contributed by atoms with E-state index in [9.17, 15) is 5.11 Å².